The van der Waals surface area contributed by atoms with E-state index in [2.05, 4.69) is 0 Å². The Kier molecular flexibility index (Phi) is 4.81. The van der Waals surface area contributed by atoms with Crippen LogP contribution in [0.25, 0.3) is 0 Å². The molecule has 1 unspecified atom stereocenters. The fraction of sp³-hybridized carbons (Fsp3) is 0.294. The van der Waals surface area contributed by atoms with Crippen LogP contribution in [-0.2, 0) is 0 Å². The molecule has 0 aliphatic heterocycles. The molecular formula is C17H20FNO2. The molecule has 0 bridgehead atoms. The number of aliphatic hydroxyl groups excluding tert-OH is 1. The van der Waals surface area contributed by atoms with Crippen molar-refractivity contribution >= 4 is 11.4 Å². The van der Waals surface area contributed by atoms with Crippen molar-refractivity contribution in [2.45, 2.75) is 20.0 Å². The van der Waals surface area contributed by atoms with Crippen LogP contribution in [0.15, 0.2) is 42.5 Å². The number of anilines is 2. The molecule has 0 aliphatic rings. The van der Waals surface area contributed by atoms with Crippen LogP contribution in [0.2, 0.25) is 0 Å². The molecule has 0 spiro atoms. The maximum atomic E-state index is 13.1. The fourth-order valence-electron chi connectivity index (χ4n) is 2.48. The number of methoxy groups -OCH3 is 1. The Morgan fingerprint density at radius 3 is 2.38 bits per heavy atom. The first-order valence-corrected chi connectivity index (χ1v) is 6.96. The number of aliphatic hydroxyl groups is 1. The monoisotopic (exact) mass is 289 g/mol. The number of halogens is 1. The molecule has 2 rings (SSSR count). The second-order valence-corrected chi connectivity index (χ2v) is 4.79. The van der Waals surface area contributed by atoms with Crippen LogP contribution in [0, 0.1) is 5.82 Å². The molecule has 1 N–H and O–H groups in total. The van der Waals surface area contributed by atoms with Crippen molar-refractivity contribution in [1.82, 2.24) is 0 Å². The topological polar surface area (TPSA) is 32.7 Å². The zero-order chi connectivity index (χ0) is 15.4. The molecule has 0 heterocycles. The minimum atomic E-state index is -0.661. The van der Waals surface area contributed by atoms with E-state index in [0.29, 0.717) is 12.3 Å². The highest BCUT2D eigenvalue weighted by atomic mass is 19.1. The molecule has 3 nitrogen and oxygen atoms in total. The van der Waals surface area contributed by atoms with Crippen LogP contribution in [0.5, 0.6) is 5.75 Å². The number of nitrogens with zero attached hydrogens (tertiary/aromatic N) is 1. The quantitative estimate of drug-likeness (QED) is 0.901. The van der Waals surface area contributed by atoms with E-state index in [4.69, 9.17) is 4.74 Å². The highest BCUT2D eigenvalue weighted by molar-refractivity contribution is 5.69. The van der Waals surface area contributed by atoms with Gasteiger partial charge in [0, 0.05) is 17.8 Å². The van der Waals surface area contributed by atoms with Gasteiger partial charge in [0.2, 0.25) is 0 Å². The maximum absolute atomic E-state index is 13.1. The summed E-state index contributed by atoms with van der Waals surface area (Å²) in [7, 11) is 1.58. The fourth-order valence-corrected chi connectivity index (χ4v) is 2.48. The van der Waals surface area contributed by atoms with Gasteiger partial charge in [-0.15, -0.1) is 0 Å². The van der Waals surface area contributed by atoms with Crippen molar-refractivity contribution in [2.75, 3.05) is 18.6 Å². The van der Waals surface area contributed by atoms with E-state index < -0.39 is 6.10 Å². The Bertz CT molecular complexity index is 596. The summed E-state index contributed by atoms with van der Waals surface area (Å²) in [4.78, 5) is 2.02. The molecule has 112 valence electrons. The van der Waals surface area contributed by atoms with E-state index in [1.54, 1.807) is 26.2 Å². The molecule has 0 saturated heterocycles. The highest BCUT2D eigenvalue weighted by Gasteiger charge is 2.19. The maximum Gasteiger partial charge on any atom is 0.126 e. The predicted octanol–water partition coefficient (Wildman–Crippen LogP) is 4.05. The first-order chi connectivity index (χ1) is 10.1. The SMILES string of the molecule is CCN(c1ccc(F)cc1)c1cccc(OC)c1C(C)O. The smallest absolute Gasteiger partial charge is 0.126 e. The Morgan fingerprint density at radius 1 is 1.19 bits per heavy atom. The summed E-state index contributed by atoms with van der Waals surface area (Å²) in [6, 6.07) is 11.9. The number of hydrogen-bond donors (Lipinski definition) is 1. The first kappa shape index (κ1) is 15.3. The third-order valence-corrected chi connectivity index (χ3v) is 3.43. The van der Waals surface area contributed by atoms with E-state index in [0.717, 1.165) is 16.9 Å². The highest BCUT2D eigenvalue weighted by Crippen LogP contribution is 2.37. The van der Waals surface area contributed by atoms with Gasteiger partial charge in [0.25, 0.3) is 0 Å². The molecule has 2 aromatic rings. The molecule has 0 amide bonds. The van der Waals surface area contributed by atoms with Crippen LogP contribution < -0.4 is 9.64 Å². The van der Waals surface area contributed by atoms with Gasteiger partial charge in [0.15, 0.2) is 0 Å². The number of rotatable bonds is 5. The molecular weight excluding hydrogens is 269 g/mol. The van der Waals surface area contributed by atoms with Gasteiger partial charge < -0.3 is 14.7 Å². The van der Waals surface area contributed by atoms with Crippen LogP contribution in [0.1, 0.15) is 25.5 Å². The van der Waals surface area contributed by atoms with Crippen LogP contribution in [0.3, 0.4) is 0 Å². The summed E-state index contributed by atoms with van der Waals surface area (Å²) in [5, 5.41) is 10.1. The standard InChI is InChI=1S/C17H20FNO2/c1-4-19(14-10-8-13(18)9-11-14)15-6-5-7-16(21-3)17(15)12(2)20/h5-12,20H,4H2,1-3H3. The molecule has 21 heavy (non-hydrogen) atoms. The van der Waals surface area contributed by atoms with E-state index in [9.17, 15) is 9.50 Å². The van der Waals surface area contributed by atoms with Crippen molar-refractivity contribution in [1.29, 1.82) is 0 Å². The Hall–Kier alpha value is -2.07. The van der Waals surface area contributed by atoms with Crippen molar-refractivity contribution in [3.63, 3.8) is 0 Å². The zero-order valence-electron chi connectivity index (χ0n) is 12.5. The average Bonchev–Trinajstić information content (AvgIpc) is 2.49. The zero-order valence-corrected chi connectivity index (χ0v) is 12.5. The van der Waals surface area contributed by atoms with Crippen molar-refractivity contribution in [2.24, 2.45) is 0 Å². The number of ether oxygens (including phenoxy) is 1. The van der Waals surface area contributed by atoms with Gasteiger partial charge in [-0.05, 0) is 50.2 Å². The summed E-state index contributed by atoms with van der Waals surface area (Å²) < 4.78 is 18.5. The van der Waals surface area contributed by atoms with Gasteiger partial charge in [0.05, 0.1) is 18.9 Å². The Balaban J connectivity index is 2.54. The van der Waals surface area contributed by atoms with Gasteiger partial charge in [-0.1, -0.05) is 6.07 Å². The van der Waals surface area contributed by atoms with Gasteiger partial charge >= 0.3 is 0 Å². The van der Waals surface area contributed by atoms with Gasteiger partial charge in [-0.25, -0.2) is 4.39 Å². The van der Waals surface area contributed by atoms with E-state index in [1.165, 1.54) is 12.1 Å². The minimum Gasteiger partial charge on any atom is -0.496 e. The number of hydrogen-bond acceptors (Lipinski definition) is 3. The summed E-state index contributed by atoms with van der Waals surface area (Å²) >= 11 is 0. The second kappa shape index (κ2) is 6.59. The normalized spacial score (nSPS) is 12.0. The van der Waals surface area contributed by atoms with E-state index >= 15 is 0 Å². The lowest BCUT2D eigenvalue weighted by molar-refractivity contribution is 0.195. The van der Waals surface area contributed by atoms with E-state index in [1.807, 2.05) is 30.0 Å². The van der Waals surface area contributed by atoms with Crippen molar-refractivity contribution in [3.05, 3.63) is 53.8 Å². The second-order valence-electron chi connectivity index (χ2n) is 4.79. The van der Waals surface area contributed by atoms with Gasteiger partial charge in [0.1, 0.15) is 11.6 Å². The minimum absolute atomic E-state index is 0.267. The lowest BCUT2D eigenvalue weighted by Crippen LogP contribution is -2.18. The lowest BCUT2D eigenvalue weighted by atomic mass is 10.0. The summed E-state index contributed by atoms with van der Waals surface area (Å²) in [5.41, 5.74) is 2.46. The molecule has 0 fully saturated rings. The molecule has 1 atom stereocenters. The van der Waals surface area contributed by atoms with Gasteiger partial charge in [-0.3, -0.25) is 0 Å². The molecule has 0 saturated carbocycles. The lowest BCUT2D eigenvalue weighted by Gasteiger charge is -2.28. The van der Waals surface area contributed by atoms with Crippen LogP contribution in [-0.4, -0.2) is 18.8 Å². The summed E-state index contributed by atoms with van der Waals surface area (Å²) in [5.74, 6) is 0.374. The average molecular weight is 289 g/mol. The van der Waals surface area contributed by atoms with Crippen molar-refractivity contribution in [3.8, 4) is 5.75 Å². The first-order valence-electron chi connectivity index (χ1n) is 6.96. The largest absolute Gasteiger partial charge is 0.496 e. The summed E-state index contributed by atoms with van der Waals surface area (Å²) in [6.07, 6.45) is -0.661. The molecule has 4 heteroatoms. The number of benzene rings is 2. The van der Waals surface area contributed by atoms with Crippen LogP contribution >= 0.6 is 0 Å². The molecule has 0 radical (unpaired) electrons. The Labute approximate surface area is 124 Å². The Morgan fingerprint density at radius 2 is 1.86 bits per heavy atom. The third kappa shape index (κ3) is 3.16. The molecule has 0 aromatic heterocycles. The predicted molar refractivity (Wildman–Crippen MR) is 82.7 cm³/mol. The van der Waals surface area contributed by atoms with Crippen LogP contribution in [0.4, 0.5) is 15.8 Å². The van der Waals surface area contributed by atoms with Gasteiger partial charge in [-0.2, -0.15) is 0 Å². The molecule has 2 aromatic carbocycles. The third-order valence-electron chi connectivity index (χ3n) is 3.43. The molecule has 0 aliphatic carbocycles. The van der Waals surface area contributed by atoms with Crippen molar-refractivity contribution < 1.29 is 14.2 Å². The van der Waals surface area contributed by atoms with E-state index in [-0.39, 0.29) is 5.82 Å². The summed E-state index contributed by atoms with van der Waals surface area (Å²) in [6.45, 7) is 4.41.